The Labute approximate surface area is 120 Å². The molecule has 1 N–H and O–H groups in total. The molecule has 0 radical (unpaired) electrons. The maximum Gasteiger partial charge on any atom is 0.260 e. The molecule has 2 aromatic heterocycles. The van der Waals surface area contributed by atoms with E-state index >= 15 is 0 Å². The Bertz CT molecular complexity index is 801. The summed E-state index contributed by atoms with van der Waals surface area (Å²) < 4.78 is 6.44. The number of nitrogens with zero attached hydrogens (tertiary/aromatic N) is 1. The Hall–Kier alpha value is -2.14. The molecule has 5 heteroatoms. The van der Waals surface area contributed by atoms with Gasteiger partial charge in [-0.1, -0.05) is 17.4 Å². The number of fused-ring (bicyclic) bond motifs is 1. The number of hydrogen-bond acceptors (Lipinski definition) is 4. The van der Waals surface area contributed by atoms with Gasteiger partial charge in [0.05, 0.1) is 15.8 Å². The molecular weight excluding hydrogens is 272 g/mol. The van der Waals surface area contributed by atoms with Crippen LogP contribution in [-0.2, 0) is 0 Å². The Morgan fingerprint density at radius 2 is 2.05 bits per heavy atom. The minimum Gasteiger partial charge on any atom is -0.466 e. The fourth-order valence-electron chi connectivity index (χ4n) is 2.11. The van der Waals surface area contributed by atoms with E-state index < -0.39 is 0 Å². The normalized spacial score (nSPS) is 10.9. The third kappa shape index (κ3) is 2.32. The molecule has 0 spiro atoms. The van der Waals surface area contributed by atoms with Crippen LogP contribution in [-0.4, -0.2) is 10.9 Å². The smallest absolute Gasteiger partial charge is 0.260 e. The third-order valence-electron chi connectivity index (χ3n) is 3.05. The van der Waals surface area contributed by atoms with Crippen LogP contribution in [0, 0.1) is 20.8 Å². The van der Waals surface area contributed by atoms with Gasteiger partial charge in [-0.05, 0) is 44.5 Å². The summed E-state index contributed by atoms with van der Waals surface area (Å²) in [4.78, 5) is 16.6. The molecule has 3 rings (SSSR count). The van der Waals surface area contributed by atoms with Crippen LogP contribution in [0.3, 0.4) is 0 Å². The summed E-state index contributed by atoms with van der Waals surface area (Å²) in [6.45, 7) is 5.64. The van der Waals surface area contributed by atoms with Gasteiger partial charge in [0.25, 0.3) is 5.91 Å². The number of furan rings is 1. The van der Waals surface area contributed by atoms with Crippen molar-refractivity contribution in [2.45, 2.75) is 20.8 Å². The number of carbonyl (C=O) groups is 1. The zero-order valence-electron chi connectivity index (χ0n) is 11.5. The lowest BCUT2D eigenvalue weighted by Crippen LogP contribution is -2.11. The predicted molar refractivity (Wildman–Crippen MR) is 80.5 cm³/mol. The molecule has 0 atom stereocenters. The van der Waals surface area contributed by atoms with Crippen molar-refractivity contribution >= 4 is 32.6 Å². The molecule has 1 amide bonds. The Balaban J connectivity index is 1.89. The average Bonchev–Trinajstić information content (AvgIpc) is 2.91. The fraction of sp³-hybridized carbons (Fsp3) is 0.200. The number of aryl methyl sites for hydroxylation is 3. The summed E-state index contributed by atoms with van der Waals surface area (Å²) in [5.74, 6) is 1.17. The van der Waals surface area contributed by atoms with E-state index in [-0.39, 0.29) is 5.91 Å². The van der Waals surface area contributed by atoms with Crippen LogP contribution in [0.25, 0.3) is 10.2 Å². The number of thiazole rings is 1. The molecule has 0 unspecified atom stereocenters. The summed E-state index contributed by atoms with van der Waals surface area (Å²) in [7, 11) is 0. The van der Waals surface area contributed by atoms with Crippen molar-refractivity contribution in [3.63, 3.8) is 0 Å². The Morgan fingerprint density at radius 3 is 2.75 bits per heavy atom. The van der Waals surface area contributed by atoms with Crippen LogP contribution in [0.5, 0.6) is 0 Å². The SMILES string of the molecule is Cc1ccc2nc(NC(=O)c3cc(C)oc3C)sc2c1. The predicted octanol–water partition coefficient (Wildman–Crippen LogP) is 4.07. The molecule has 2 heterocycles. The minimum atomic E-state index is -0.185. The standard InChI is InChI=1S/C15H14N2O2S/c1-8-4-5-12-13(6-8)20-15(16-12)17-14(18)11-7-9(2)19-10(11)3/h4-7H,1-3H3,(H,16,17,18). The number of hydrogen-bond donors (Lipinski definition) is 1. The van der Waals surface area contributed by atoms with E-state index in [1.807, 2.05) is 26.0 Å². The minimum absolute atomic E-state index is 0.185. The maximum absolute atomic E-state index is 12.2. The summed E-state index contributed by atoms with van der Waals surface area (Å²) in [6.07, 6.45) is 0. The summed E-state index contributed by atoms with van der Waals surface area (Å²) in [5.41, 5.74) is 2.63. The van der Waals surface area contributed by atoms with Crippen molar-refractivity contribution in [1.82, 2.24) is 4.98 Å². The molecule has 102 valence electrons. The van der Waals surface area contributed by atoms with E-state index in [9.17, 15) is 4.79 Å². The molecule has 3 aromatic rings. The third-order valence-corrected chi connectivity index (χ3v) is 3.98. The van der Waals surface area contributed by atoms with Gasteiger partial charge >= 0.3 is 0 Å². The van der Waals surface area contributed by atoms with Crippen molar-refractivity contribution in [1.29, 1.82) is 0 Å². The van der Waals surface area contributed by atoms with Crippen LogP contribution in [0.1, 0.15) is 27.4 Å². The first-order valence-electron chi connectivity index (χ1n) is 6.28. The monoisotopic (exact) mass is 286 g/mol. The van der Waals surface area contributed by atoms with Gasteiger partial charge in [0.15, 0.2) is 5.13 Å². The molecule has 0 fully saturated rings. The lowest BCUT2D eigenvalue weighted by molar-refractivity contribution is 0.102. The molecule has 0 saturated heterocycles. The first-order chi connectivity index (χ1) is 9.52. The molecule has 0 aliphatic carbocycles. The highest BCUT2D eigenvalue weighted by Gasteiger charge is 2.15. The molecule has 4 nitrogen and oxygen atoms in total. The zero-order chi connectivity index (χ0) is 14.3. The van der Waals surface area contributed by atoms with Crippen molar-refractivity contribution in [2.75, 3.05) is 5.32 Å². The Morgan fingerprint density at radius 1 is 1.25 bits per heavy atom. The van der Waals surface area contributed by atoms with E-state index in [4.69, 9.17) is 4.42 Å². The molecule has 0 aliphatic rings. The number of aromatic nitrogens is 1. The van der Waals surface area contributed by atoms with Crippen LogP contribution < -0.4 is 5.32 Å². The van der Waals surface area contributed by atoms with E-state index in [0.29, 0.717) is 16.5 Å². The first-order valence-corrected chi connectivity index (χ1v) is 7.10. The van der Waals surface area contributed by atoms with E-state index in [2.05, 4.69) is 16.4 Å². The van der Waals surface area contributed by atoms with Crippen LogP contribution >= 0.6 is 11.3 Å². The largest absolute Gasteiger partial charge is 0.466 e. The highest BCUT2D eigenvalue weighted by molar-refractivity contribution is 7.22. The lowest BCUT2D eigenvalue weighted by Gasteiger charge is -1.98. The molecule has 0 saturated carbocycles. The first kappa shape index (κ1) is 12.9. The van der Waals surface area contributed by atoms with Crippen molar-refractivity contribution < 1.29 is 9.21 Å². The summed E-state index contributed by atoms with van der Waals surface area (Å²) >= 11 is 1.47. The second kappa shape index (κ2) is 4.76. The molecule has 0 aliphatic heterocycles. The van der Waals surface area contributed by atoms with Crippen molar-refractivity contribution in [3.8, 4) is 0 Å². The van der Waals surface area contributed by atoms with E-state index in [1.54, 1.807) is 13.0 Å². The van der Waals surface area contributed by atoms with Crippen molar-refractivity contribution in [2.24, 2.45) is 0 Å². The van der Waals surface area contributed by atoms with E-state index in [0.717, 1.165) is 16.0 Å². The molecular formula is C15H14N2O2S. The molecule has 20 heavy (non-hydrogen) atoms. The fourth-order valence-corrected chi connectivity index (χ4v) is 3.07. The van der Waals surface area contributed by atoms with Crippen molar-refractivity contribution in [3.05, 3.63) is 46.9 Å². The van der Waals surface area contributed by atoms with Crippen LogP contribution in [0.2, 0.25) is 0 Å². The van der Waals surface area contributed by atoms with Gasteiger partial charge in [-0.2, -0.15) is 0 Å². The quantitative estimate of drug-likeness (QED) is 0.772. The zero-order valence-corrected chi connectivity index (χ0v) is 12.3. The maximum atomic E-state index is 12.2. The summed E-state index contributed by atoms with van der Waals surface area (Å²) in [5, 5.41) is 3.44. The number of benzene rings is 1. The highest BCUT2D eigenvalue weighted by Crippen LogP contribution is 2.27. The number of nitrogens with one attached hydrogen (secondary N) is 1. The van der Waals surface area contributed by atoms with Gasteiger partial charge in [-0.3, -0.25) is 10.1 Å². The summed E-state index contributed by atoms with van der Waals surface area (Å²) in [6, 6.07) is 7.78. The molecule has 0 bridgehead atoms. The van der Waals surface area contributed by atoms with Gasteiger partial charge in [0.2, 0.25) is 0 Å². The Kier molecular flexibility index (Phi) is 3.06. The van der Waals surface area contributed by atoms with Gasteiger partial charge in [0.1, 0.15) is 11.5 Å². The highest BCUT2D eigenvalue weighted by atomic mass is 32.1. The van der Waals surface area contributed by atoms with Gasteiger partial charge in [-0.25, -0.2) is 4.98 Å². The topological polar surface area (TPSA) is 55.1 Å². The number of carbonyl (C=O) groups excluding carboxylic acids is 1. The van der Waals surface area contributed by atoms with Crippen LogP contribution in [0.15, 0.2) is 28.7 Å². The number of rotatable bonds is 2. The average molecular weight is 286 g/mol. The van der Waals surface area contributed by atoms with E-state index in [1.165, 1.54) is 16.9 Å². The van der Waals surface area contributed by atoms with Gasteiger partial charge in [0, 0.05) is 0 Å². The van der Waals surface area contributed by atoms with Gasteiger partial charge in [-0.15, -0.1) is 0 Å². The number of amides is 1. The van der Waals surface area contributed by atoms with Gasteiger partial charge < -0.3 is 4.42 Å². The second-order valence-corrected chi connectivity index (χ2v) is 5.80. The number of anilines is 1. The second-order valence-electron chi connectivity index (χ2n) is 4.77. The molecule has 1 aromatic carbocycles. The lowest BCUT2D eigenvalue weighted by atomic mass is 10.2. The van der Waals surface area contributed by atoms with Crippen LogP contribution in [0.4, 0.5) is 5.13 Å².